The Morgan fingerprint density at radius 2 is 1.89 bits per heavy atom. The molecular formula is C20H23F2NO4. The highest BCUT2D eigenvalue weighted by atomic mass is 19.3. The van der Waals surface area contributed by atoms with Gasteiger partial charge in [0.25, 0.3) is 0 Å². The first-order valence-electron chi connectivity index (χ1n) is 8.57. The molecular weight excluding hydrogens is 356 g/mol. The number of aliphatic hydroxyl groups is 1. The molecule has 27 heavy (non-hydrogen) atoms. The second-order valence-corrected chi connectivity index (χ2v) is 6.07. The number of rotatable bonds is 11. The highest BCUT2D eigenvalue weighted by Crippen LogP contribution is 2.17. The normalized spacial score (nSPS) is 11.0. The summed E-state index contributed by atoms with van der Waals surface area (Å²) in [4.78, 5) is 14.2. The lowest BCUT2D eigenvalue weighted by atomic mass is 10.1. The maximum absolute atomic E-state index is 12.3. The number of nitrogens with zero attached hydrogens (tertiary/aromatic N) is 1. The summed E-state index contributed by atoms with van der Waals surface area (Å²) in [6.07, 6.45) is 0.569. The molecule has 0 spiro atoms. The molecule has 0 aliphatic rings. The molecule has 1 N–H and O–H groups in total. The minimum atomic E-state index is -2.89. The Hall–Kier alpha value is -2.51. The zero-order valence-corrected chi connectivity index (χ0v) is 15.1. The monoisotopic (exact) mass is 379 g/mol. The molecule has 0 amide bonds. The summed E-state index contributed by atoms with van der Waals surface area (Å²) in [6, 6.07) is 13.2. The molecule has 0 radical (unpaired) electrons. The van der Waals surface area contributed by atoms with E-state index in [4.69, 9.17) is 9.84 Å². The van der Waals surface area contributed by atoms with Crippen molar-refractivity contribution in [2.24, 2.45) is 0 Å². The molecule has 2 rings (SSSR count). The van der Waals surface area contributed by atoms with Crippen molar-refractivity contribution in [3.63, 3.8) is 0 Å². The standard InChI is InChI=1S/C20H23F2NO4/c1-23(13-15-4-2-5-18(12-15)26-11-3-10-24)14-19(25)16-6-8-17(9-7-16)27-20(21)22/h2,4-9,12,20,24H,3,10-11,13-14H2,1H3. The molecule has 0 aliphatic carbocycles. The summed E-state index contributed by atoms with van der Waals surface area (Å²) in [5, 5.41) is 8.79. The van der Waals surface area contributed by atoms with Gasteiger partial charge in [0.1, 0.15) is 11.5 Å². The highest BCUT2D eigenvalue weighted by Gasteiger charge is 2.11. The van der Waals surface area contributed by atoms with Crippen molar-refractivity contribution in [1.82, 2.24) is 4.90 Å². The fraction of sp³-hybridized carbons (Fsp3) is 0.350. The zero-order valence-electron chi connectivity index (χ0n) is 15.1. The molecule has 0 saturated carbocycles. The van der Waals surface area contributed by atoms with Gasteiger partial charge in [0, 0.05) is 25.1 Å². The number of ether oxygens (including phenoxy) is 2. The van der Waals surface area contributed by atoms with Gasteiger partial charge in [0.05, 0.1) is 13.2 Å². The quantitative estimate of drug-likeness (QED) is 0.479. The first-order valence-corrected chi connectivity index (χ1v) is 8.57. The number of alkyl halides is 2. The van der Waals surface area contributed by atoms with E-state index >= 15 is 0 Å². The predicted molar refractivity (Wildman–Crippen MR) is 97.4 cm³/mol. The van der Waals surface area contributed by atoms with Gasteiger partial charge in [-0.25, -0.2) is 0 Å². The first kappa shape index (κ1) is 20.8. The third kappa shape index (κ3) is 7.32. The lowest BCUT2D eigenvalue weighted by molar-refractivity contribution is -0.0498. The maximum Gasteiger partial charge on any atom is 0.387 e. The SMILES string of the molecule is CN(CC(=O)c1ccc(OC(F)F)cc1)Cc1cccc(OCCCO)c1. The van der Waals surface area contributed by atoms with Crippen molar-refractivity contribution in [2.75, 3.05) is 26.8 Å². The smallest absolute Gasteiger partial charge is 0.387 e. The molecule has 0 atom stereocenters. The largest absolute Gasteiger partial charge is 0.493 e. The molecule has 0 aromatic heterocycles. The van der Waals surface area contributed by atoms with Crippen molar-refractivity contribution in [3.8, 4) is 11.5 Å². The average molecular weight is 379 g/mol. The number of carbonyl (C=O) groups is 1. The second-order valence-electron chi connectivity index (χ2n) is 6.07. The number of halogens is 2. The molecule has 0 heterocycles. The van der Waals surface area contributed by atoms with E-state index in [1.807, 2.05) is 36.2 Å². The van der Waals surface area contributed by atoms with Crippen molar-refractivity contribution in [1.29, 1.82) is 0 Å². The predicted octanol–water partition coefficient (Wildman–Crippen LogP) is 3.36. The molecule has 2 aromatic rings. The minimum Gasteiger partial charge on any atom is -0.493 e. The summed E-state index contributed by atoms with van der Waals surface area (Å²) in [5.41, 5.74) is 1.43. The summed E-state index contributed by atoms with van der Waals surface area (Å²) in [6.45, 7) is -1.62. The van der Waals surface area contributed by atoms with Crippen LogP contribution in [0.1, 0.15) is 22.3 Å². The molecule has 0 fully saturated rings. The Labute approximate surface area is 157 Å². The number of Topliss-reactive ketones (excluding diaryl/α,β-unsaturated/α-hetero) is 1. The molecule has 0 saturated heterocycles. The van der Waals surface area contributed by atoms with E-state index in [0.717, 1.165) is 11.3 Å². The van der Waals surface area contributed by atoms with E-state index in [-0.39, 0.29) is 24.7 Å². The van der Waals surface area contributed by atoms with Crippen LogP contribution in [0.25, 0.3) is 0 Å². The Bertz CT molecular complexity index is 722. The minimum absolute atomic E-state index is 0.0212. The van der Waals surface area contributed by atoms with Crippen LogP contribution in [0.2, 0.25) is 0 Å². The zero-order chi connectivity index (χ0) is 19.6. The maximum atomic E-state index is 12.3. The number of carbonyl (C=O) groups excluding carboxylic acids is 1. The highest BCUT2D eigenvalue weighted by molar-refractivity contribution is 5.97. The molecule has 0 aliphatic heterocycles. The molecule has 0 unspecified atom stereocenters. The Balaban J connectivity index is 1.88. The number of likely N-dealkylation sites (N-methyl/N-ethyl adjacent to an activating group) is 1. The van der Waals surface area contributed by atoms with Gasteiger partial charge < -0.3 is 14.6 Å². The van der Waals surface area contributed by atoms with E-state index < -0.39 is 6.61 Å². The molecule has 2 aromatic carbocycles. The van der Waals surface area contributed by atoms with Crippen LogP contribution in [0.3, 0.4) is 0 Å². The third-order valence-corrected chi connectivity index (χ3v) is 3.74. The van der Waals surface area contributed by atoms with E-state index in [1.54, 1.807) is 0 Å². The summed E-state index contributed by atoms with van der Waals surface area (Å²) < 4.78 is 34.1. The molecule has 5 nitrogen and oxygen atoms in total. The van der Waals surface area contributed by atoms with Crippen LogP contribution < -0.4 is 9.47 Å². The Morgan fingerprint density at radius 3 is 2.56 bits per heavy atom. The lowest BCUT2D eigenvalue weighted by Crippen LogP contribution is -2.25. The van der Waals surface area contributed by atoms with Crippen LogP contribution in [0.4, 0.5) is 8.78 Å². The van der Waals surface area contributed by atoms with Crippen LogP contribution in [0.15, 0.2) is 48.5 Å². The lowest BCUT2D eigenvalue weighted by Gasteiger charge is -2.16. The molecule has 146 valence electrons. The fourth-order valence-electron chi connectivity index (χ4n) is 2.51. The third-order valence-electron chi connectivity index (χ3n) is 3.74. The first-order chi connectivity index (χ1) is 13.0. The number of ketones is 1. The Morgan fingerprint density at radius 1 is 1.15 bits per heavy atom. The fourth-order valence-corrected chi connectivity index (χ4v) is 2.51. The van der Waals surface area contributed by atoms with Gasteiger partial charge in [0.2, 0.25) is 0 Å². The van der Waals surface area contributed by atoms with Gasteiger partial charge in [-0.05, 0) is 49.0 Å². The number of hydrogen-bond acceptors (Lipinski definition) is 5. The van der Waals surface area contributed by atoms with E-state index in [9.17, 15) is 13.6 Å². The van der Waals surface area contributed by atoms with Crippen LogP contribution in [-0.2, 0) is 6.54 Å². The summed E-state index contributed by atoms with van der Waals surface area (Å²) >= 11 is 0. The summed E-state index contributed by atoms with van der Waals surface area (Å²) in [7, 11) is 1.82. The molecule has 7 heteroatoms. The number of benzene rings is 2. The van der Waals surface area contributed by atoms with Crippen LogP contribution in [-0.4, -0.2) is 49.2 Å². The van der Waals surface area contributed by atoms with E-state index in [1.165, 1.54) is 24.3 Å². The van der Waals surface area contributed by atoms with Crippen molar-refractivity contribution < 1.29 is 28.2 Å². The van der Waals surface area contributed by atoms with Gasteiger partial charge in [-0.3, -0.25) is 9.69 Å². The molecule has 0 bridgehead atoms. The van der Waals surface area contributed by atoms with Crippen molar-refractivity contribution in [3.05, 3.63) is 59.7 Å². The van der Waals surface area contributed by atoms with Gasteiger partial charge in [0.15, 0.2) is 5.78 Å². The van der Waals surface area contributed by atoms with Crippen LogP contribution >= 0.6 is 0 Å². The van der Waals surface area contributed by atoms with Crippen molar-refractivity contribution >= 4 is 5.78 Å². The number of hydrogen-bond donors (Lipinski definition) is 1. The average Bonchev–Trinajstić information content (AvgIpc) is 2.62. The van der Waals surface area contributed by atoms with Crippen molar-refractivity contribution in [2.45, 2.75) is 19.6 Å². The van der Waals surface area contributed by atoms with Gasteiger partial charge >= 0.3 is 6.61 Å². The Kier molecular flexibility index (Phi) is 8.16. The van der Waals surface area contributed by atoms with E-state index in [2.05, 4.69) is 4.74 Å². The second kappa shape index (κ2) is 10.6. The van der Waals surface area contributed by atoms with E-state index in [0.29, 0.717) is 25.1 Å². The van der Waals surface area contributed by atoms with Gasteiger partial charge in [-0.2, -0.15) is 8.78 Å². The number of aliphatic hydroxyl groups excluding tert-OH is 1. The van der Waals surface area contributed by atoms with Crippen LogP contribution in [0, 0.1) is 0 Å². The van der Waals surface area contributed by atoms with Gasteiger partial charge in [-0.1, -0.05) is 12.1 Å². The summed E-state index contributed by atoms with van der Waals surface area (Å²) in [5.74, 6) is 0.625. The topological polar surface area (TPSA) is 59.0 Å². The van der Waals surface area contributed by atoms with Crippen LogP contribution in [0.5, 0.6) is 11.5 Å². The van der Waals surface area contributed by atoms with Gasteiger partial charge in [-0.15, -0.1) is 0 Å².